The molecule has 2 rings (SSSR count). The molecule has 5 heteroatoms. The summed E-state index contributed by atoms with van der Waals surface area (Å²) in [6.07, 6.45) is 6.98. The molecular weight excluding hydrogens is 202 g/mol. The molecule has 0 aliphatic heterocycles. The van der Waals surface area contributed by atoms with Crippen LogP contribution in [0.2, 0.25) is 0 Å². The minimum Gasteiger partial charge on any atom is -0.369 e. The lowest BCUT2D eigenvalue weighted by Crippen LogP contribution is -2.23. The minimum absolute atomic E-state index is 0.418. The van der Waals surface area contributed by atoms with E-state index in [9.17, 15) is 0 Å². The van der Waals surface area contributed by atoms with Crippen molar-refractivity contribution in [3.05, 3.63) is 12.3 Å². The topological polar surface area (TPSA) is 75.9 Å². The Hall–Kier alpha value is -1.36. The van der Waals surface area contributed by atoms with Crippen molar-refractivity contribution < 1.29 is 0 Å². The molecule has 0 bridgehead atoms. The van der Waals surface area contributed by atoms with E-state index >= 15 is 0 Å². The number of nitrogen functional groups attached to an aromatic ring is 1. The van der Waals surface area contributed by atoms with E-state index in [1.807, 2.05) is 6.07 Å². The van der Waals surface area contributed by atoms with Crippen LogP contribution >= 0.6 is 0 Å². The van der Waals surface area contributed by atoms with Crippen LogP contribution in [0.4, 0.5) is 11.8 Å². The van der Waals surface area contributed by atoms with Crippen molar-refractivity contribution >= 4 is 11.8 Å². The van der Waals surface area contributed by atoms with E-state index in [-0.39, 0.29) is 0 Å². The molecule has 88 valence electrons. The molecular formula is C11H19N5. The van der Waals surface area contributed by atoms with Gasteiger partial charge in [-0.1, -0.05) is 19.8 Å². The van der Waals surface area contributed by atoms with E-state index in [0.29, 0.717) is 11.4 Å². The predicted molar refractivity (Wildman–Crippen MR) is 64.9 cm³/mol. The van der Waals surface area contributed by atoms with E-state index < -0.39 is 0 Å². The van der Waals surface area contributed by atoms with Crippen molar-refractivity contribution in [1.29, 1.82) is 0 Å². The molecule has 4 N–H and O–H groups in total. The molecule has 0 unspecified atom stereocenters. The molecule has 1 aliphatic carbocycles. The average Bonchev–Trinajstić information content (AvgIpc) is 2.75. The van der Waals surface area contributed by atoms with Crippen LogP contribution in [-0.4, -0.2) is 16.5 Å². The number of anilines is 2. The van der Waals surface area contributed by atoms with Crippen LogP contribution in [0.5, 0.6) is 0 Å². The van der Waals surface area contributed by atoms with Gasteiger partial charge in [0.15, 0.2) is 0 Å². The quantitative estimate of drug-likeness (QED) is 0.533. The maximum Gasteiger partial charge on any atom is 0.239 e. The van der Waals surface area contributed by atoms with Gasteiger partial charge in [-0.25, -0.2) is 10.8 Å². The van der Waals surface area contributed by atoms with Gasteiger partial charge >= 0.3 is 0 Å². The van der Waals surface area contributed by atoms with Crippen LogP contribution in [0.25, 0.3) is 0 Å². The molecule has 16 heavy (non-hydrogen) atoms. The van der Waals surface area contributed by atoms with Crippen LogP contribution in [0.1, 0.15) is 32.6 Å². The Morgan fingerprint density at radius 1 is 1.44 bits per heavy atom. The summed E-state index contributed by atoms with van der Waals surface area (Å²) in [5.41, 5.74) is 2.86. The average molecular weight is 221 g/mol. The maximum atomic E-state index is 5.26. The Balaban J connectivity index is 1.93. The largest absolute Gasteiger partial charge is 0.369 e. The third kappa shape index (κ3) is 2.61. The van der Waals surface area contributed by atoms with Gasteiger partial charge in [0.05, 0.1) is 0 Å². The van der Waals surface area contributed by atoms with Crippen molar-refractivity contribution in [2.24, 2.45) is 11.3 Å². The van der Waals surface area contributed by atoms with Crippen molar-refractivity contribution in [3.8, 4) is 0 Å². The van der Waals surface area contributed by atoms with Gasteiger partial charge in [0.1, 0.15) is 5.82 Å². The van der Waals surface area contributed by atoms with E-state index in [2.05, 4.69) is 27.6 Å². The summed E-state index contributed by atoms with van der Waals surface area (Å²) in [7, 11) is 0. The highest BCUT2D eigenvalue weighted by molar-refractivity contribution is 5.39. The van der Waals surface area contributed by atoms with Gasteiger partial charge in [0.2, 0.25) is 5.95 Å². The lowest BCUT2D eigenvalue weighted by Gasteiger charge is -2.23. The van der Waals surface area contributed by atoms with Gasteiger partial charge in [-0.2, -0.15) is 4.98 Å². The van der Waals surface area contributed by atoms with Crippen molar-refractivity contribution in [1.82, 2.24) is 9.97 Å². The first-order valence-electron chi connectivity index (χ1n) is 5.75. The molecule has 0 amide bonds. The summed E-state index contributed by atoms with van der Waals surface area (Å²) >= 11 is 0. The molecule has 0 spiro atoms. The second-order valence-corrected chi connectivity index (χ2v) is 4.78. The number of aromatic nitrogens is 2. The van der Waals surface area contributed by atoms with Gasteiger partial charge in [-0.05, 0) is 24.3 Å². The van der Waals surface area contributed by atoms with Crippen molar-refractivity contribution in [2.45, 2.75) is 32.6 Å². The number of nitrogens with zero attached hydrogens (tertiary/aromatic N) is 2. The first kappa shape index (κ1) is 11.1. The highest BCUT2D eigenvalue weighted by Gasteiger charge is 2.28. The Kier molecular flexibility index (Phi) is 3.24. The zero-order valence-electron chi connectivity index (χ0n) is 9.66. The van der Waals surface area contributed by atoms with E-state index in [1.165, 1.54) is 25.7 Å². The first-order chi connectivity index (χ1) is 7.72. The Morgan fingerprint density at radius 2 is 2.19 bits per heavy atom. The summed E-state index contributed by atoms with van der Waals surface area (Å²) in [6.45, 7) is 3.30. The SMILES string of the molecule is CC1(CNc2ccnc(NN)n2)CCCC1. The maximum absolute atomic E-state index is 5.26. The summed E-state index contributed by atoms with van der Waals surface area (Å²) in [6, 6.07) is 1.86. The van der Waals surface area contributed by atoms with Crippen LogP contribution < -0.4 is 16.6 Å². The van der Waals surface area contributed by atoms with Crippen LogP contribution in [0, 0.1) is 5.41 Å². The monoisotopic (exact) mass is 221 g/mol. The van der Waals surface area contributed by atoms with Gasteiger partial charge in [0.25, 0.3) is 0 Å². The molecule has 1 fully saturated rings. The first-order valence-corrected chi connectivity index (χ1v) is 5.75. The molecule has 0 atom stereocenters. The Labute approximate surface area is 95.8 Å². The predicted octanol–water partition coefficient (Wildman–Crippen LogP) is 1.75. The summed E-state index contributed by atoms with van der Waals surface area (Å²) < 4.78 is 0. The van der Waals surface area contributed by atoms with E-state index in [4.69, 9.17) is 5.84 Å². The second kappa shape index (κ2) is 4.65. The molecule has 1 heterocycles. The fraction of sp³-hybridized carbons (Fsp3) is 0.636. The fourth-order valence-corrected chi connectivity index (χ4v) is 2.24. The smallest absolute Gasteiger partial charge is 0.239 e. The number of hydrogen-bond acceptors (Lipinski definition) is 5. The third-order valence-corrected chi connectivity index (χ3v) is 3.29. The van der Waals surface area contributed by atoms with Crippen molar-refractivity contribution in [2.75, 3.05) is 17.3 Å². The number of nitrogens with one attached hydrogen (secondary N) is 2. The van der Waals surface area contributed by atoms with Gasteiger partial charge < -0.3 is 5.32 Å². The molecule has 5 nitrogen and oxygen atoms in total. The lowest BCUT2D eigenvalue weighted by molar-refractivity contribution is 0.361. The van der Waals surface area contributed by atoms with Gasteiger partial charge in [-0.15, -0.1) is 0 Å². The van der Waals surface area contributed by atoms with Crippen LogP contribution in [0.3, 0.4) is 0 Å². The highest BCUT2D eigenvalue weighted by Crippen LogP contribution is 2.37. The number of rotatable bonds is 4. The molecule has 0 radical (unpaired) electrons. The van der Waals surface area contributed by atoms with Crippen LogP contribution in [0.15, 0.2) is 12.3 Å². The number of nitrogens with two attached hydrogens (primary N) is 1. The standard InChI is InChI=1S/C11H19N5/c1-11(5-2-3-6-11)8-14-9-4-7-13-10(15-9)16-12/h4,7H,2-3,5-6,8,12H2,1H3,(H2,13,14,15,16). The molecule has 1 aliphatic rings. The zero-order valence-corrected chi connectivity index (χ0v) is 9.66. The van der Waals surface area contributed by atoms with Gasteiger partial charge in [-0.3, -0.25) is 5.43 Å². The second-order valence-electron chi connectivity index (χ2n) is 4.78. The van der Waals surface area contributed by atoms with Crippen LogP contribution in [-0.2, 0) is 0 Å². The Morgan fingerprint density at radius 3 is 2.88 bits per heavy atom. The minimum atomic E-state index is 0.418. The molecule has 0 saturated heterocycles. The summed E-state index contributed by atoms with van der Waals surface area (Å²) in [5, 5.41) is 3.36. The Bertz CT molecular complexity index is 346. The zero-order chi connectivity index (χ0) is 11.4. The normalized spacial score (nSPS) is 18.4. The third-order valence-electron chi connectivity index (χ3n) is 3.29. The van der Waals surface area contributed by atoms with Gasteiger partial charge in [0, 0.05) is 12.7 Å². The molecule has 1 saturated carbocycles. The van der Waals surface area contributed by atoms with E-state index in [0.717, 1.165) is 12.4 Å². The molecule has 1 aromatic heterocycles. The van der Waals surface area contributed by atoms with E-state index in [1.54, 1.807) is 6.20 Å². The molecule has 1 aromatic rings. The van der Waals surface area contributed by atoms with Crippen molar-refractivity contribution in [3.63, 3.8) is 0 Å². The fourth-order valence-electron chi connectivity index (χ4n) is 2.24. The number of hydrogen-bond donors (Lipinski definition) is 3. The summed E-state index contributed by atoms with van der Waals surface area (Å²) in [4.78, 5) is 8.19. The number of hydrazine groups is 1. The summed E-state index contributed by atoms with van der Waals surface area (Å²) in [5.74, 6) is 6.54. The highest BCUT2D eigenvalue weighted by atomic mass is 15.3. The molecule has 0 aromatic carbocycles. The lowest BCUT2D eigenvalue weighted by atomic mass is 9.89.